The molecule has 0 saturated heterocycles. The quantitative estimate of drug-likeness (QED) is 0.0243. The minimum Gasteiger partial charge on any atom is -0.387 e. The van der Waals surface area contributed by atoms with E-state index in [1.807, 2.05) is 27.2 Å². The molecular weight excluding hydrogens is 816 g/mol. The molecule has 0 aromatic heterocycles. The summed E-state index contributed by atoms with van der Waals surface area (Å²) in [5.41, 5.74) is 0. The number of hydrogen-bond donors (Lipinski definition) is 3. The van der Waals surface area contributed by atoms with Gasteiger partial charge >= 0.3 is 7.82 Å². The summed E-state index contributed by atoms with van der Waals surface area (Å²) in [5, 5.41) is 13.9. The number of allylic oxidation sites excluding steroid dienone is 1. The second kappa shape index (κ2) is 47.3. The second-order valence-corrected chi connectivity index (χ2v) is 22.1. The molecule has 0 saturated carbocycles. The van der Waals surface area contributed by atoms with Gasteiger partial charge in [-0.2, -0.15) is 0 Å². The molecule has 0 fully saturated rings. The highest BCUT2D eigenvalue weighted by Gasteiger charge is 2.27. The van der Waals surface area contributed by atoms with Crippen molar-refractivity contribution in [2.75, 3.05) is 40.9 Å². The van der Waals surface area contributed by atoms with Crippen LogP contribution in [-0.4, -0.2) is 73.4 Å². The van der Waals surface area contributed by atoms with Crippen LogP contribution in [0.1, 0.15) is 284 Å². The molecule has 0 radical (unpaired) electrons. The van der Waals surface area contributed by atoms with Crippen LogP contribution in [0.3, 0.4) is 0 Å². The zero-order valence-electron chi connectivity index (χ0n) is 43.6. The third-order valence-corrected chi connectivity index (χ3v) is 14.0. The molecule has 3 unspecified atom stereocenters. The summed E-state index contributed by atoms with van der Waals surface area (Å²) in [7, 11) is 1.59. The van der Waals surface area contributed by atoms with Gasteiger partial charge in [0.05, 0.1) is 39.9 Å². The lowest BCUT2D eigenvalue weighted by Gasteiger charge is -2.25. The number of hydrogen-bond acceptors (Lipinski definition) is 5. The van der Waals surface area contributed by atoms with Gasteiger partial charge in [-0.05, 0) is 19.3 Å². The molecule has 0 aliphatic rings. The lowest BCUT2D eigenvalue weighted by atomic mass is 10.0. The Labute approximate surface area is 399 Å². The second-order valence-electron chi connectivity index (χ2n) is 20.7. The van der Waals surface area contributed by atoms with Crippen molar-refractivity contribution in [3.05, 3.63) is 12.2 Å². The molecule has 0 aliphatic heterocycles. The molecule has 0 spiro atoms. The molecule has 382 valence electrons. The van der Waals surface area contributed by atoms with E-state index in [-0.39, 0.29) is 19.1 Å². The predicted octanol–water partition coefficient (Wildman–Crippen LogP) is 16.7. The van der Waals surface area contributed by atoms with Gasteiger partial charge in [-0.15, -0.1) is 0 Å². The average Bonchev–Trinajstić information content (AvgIpc) is 3.25. The lowest BCUT2D eigenvalue weighted by Crippen LogP contribution is -2.45. The SMILES string of the molecule is CCCCCCCCCCCCCCCCCCCCCCCCC/C=C/C(O)C(COP(=O)(O)OCC[N+](C)(C)C)NC(=O)CCCCCCCCCCCCCCCCCCC. The smallest absolute Gasteiger partial charge is 0.387 e. The van der Waals surface area contributed by atoms with E-state index in [0.717, 1.165) is 32.1 Å². The van der Waals surface area contributed by atoms with Crippen molar-refractivity contribution in [3.63, 3.8) is 0 Å². The number of aliphatic hydroxyl groups is 1. The van der Waals surface area contributed by atoms with Crippen LogP contribution in [-0.2, 0) is 18.4 Å². The van der Waals surface area contributed by atoms with Crippen molar-refractivity contribution in [1.82, 2.24) is 5.32 Å². The summed E-state index contributed by atoms with van der Waals surface area (Å²) in [4.78, 5) is 23.3. The van der Waals surface area contributed by atoms with Crippen LogP contribution in [0.15, 0.2) is 12.2 Å². The van der Waals surface area contributed by atoms with Gasteiger partial charge < -0.3 is 19.8 Å². The number of unbranched alkanes of at least 4 members (excludes halogenated alkanes) is 39. The van der Waals surface area contributed by atoms with Gasteiger partial charge in [0.1, 0.15) is 13.2 Å². The maximum atomic E-state index is 12.9. The Kier molecular flexibility index (Phi) is 46.8. The van der Waals surface area contributed by atoms with Crippen LogP contribution in [0.25, 0.3) is 0 Å². The number of nitrogens with one attached hydrogen (secondary N) is 1. The number of carbonyl (C=O) groups excluding carboxylic acids is 1. The molecule has 9 heteroatoms. The van der Waals surface area contributed by atoms with Crippen LogP contribution in [0.5, 0.6) is 0 Å². The number of amides is 1. The van der Waals surface area contributed by atoms with E-state index >= 15 is 0 Å². The molecule has 1 amide bonds. The number of phosphoric ester groups is 1. The molecule has 8 nitrogen and oxygen atoms in total. The van der Waals surface area contributed by atoms with E-state index in [0.29, 0.717) is 17.4 Å². The van der Waals surface area contributed by atoms with Gasteiger partial charge in [-0.25, -0.2) is 4.57 Å². The summed E-state index contributed by atoms with van der Waals surface area (Å²) in [6.07, 6.45) is 57.3. The number of aliphatic hydroxyl groups excluding tert-OH is 1. The summed E-state index contributed by atoms with van der Waals surface area (Å²) >= 11 is 0. The van der Waals surface area contributed by atoms with Crippen molar-refractivity contribution < 1.29 is 32.9 Å². The largest absolute Gasteiger partial charge is 0.472 e. The highest BCUT2D eigenvalue weighted by atomic mass is 31.2. The fraction of sp³-hybridized carbons (Fsp3) is 0.945. The van der Waals surface area contributed by atoms with Gasteiger partial charge in [0.25, 0.3) is 0 Å². The molecule has 0 rings (SSSR count). The highest BCUT2D eigenvalue weighted by molar-refractivity contribution is 7.47. The Balaban J connectivity index is 4.19. The Morgan fingerprint density at radius 2 is 0.828 bits per heavy atom. The topological polar surface area (TPSA) is 105 Å². The van der Waals surface area contributed by atoms with Gasteiger partial charge in [0.15, 0.2) is 0 Å². The summed E-state index contributed by atoms with van der Waals surface area (Å²) in [6.45, 7) is 4.86. The van der Waals surface area contributed by atoms with Crippen LogP contribution < -0.4 is 5.32 Å². The number of rotatable bonds is 52. The Hall–Kier alpha value is -0.760. The standard InChI is InChI=1S/C55H111N2O6P/c1-6-8-10-12-14-16-18-20-22-24-25-26-27-28-29-30-31-33-34-36-38-40-42-44-46-48-54(58)53(52-63-64(60,61)62-51-50-57(3,4)5)56-55(59)49-47-45-43-41-39-37-35-32-23-21-19-17-15-13-11-9-7-2/h46,48,53-54,58H,6-45,47,49-52H2,1-5H3,(H-,56,59,60,61)/p+1/b48-46+. The lowest BCUT2D eigenvalue weighted by molar-refractivity contribution is -0.870. The fourth-order valence-corrected chi connectivity index (χ4v) is 9.31. The fourth-order valence-electron chi connectivity index (χ4n) is 8.57. The first kappa shape index (κ1) is 63.2. The van der Waals surface area contributed by atoms with E-state index in [1.54, 1.807) is 6.08 Å². The first-order valence-electron chi connectivity index (χ1n) is 28.1. The highest BCUT2D eigenvalue weighted by Crippen LogP contribution is 2.43. The van der Waals surface area contributed by atoms with E-state index in [9.17, 15) is 19.4 Å². The maximum Gasteiger partial charge on any atom is 0.472 e. The van der Waals surface area contributed by atoms with E-state index in [1.165, 1.54) is 231 Å². The van der Waals surface area contributed by atoms with Crippen molar-refractivity contribution in [1.29, 1.82) is 0 Å². The first-order valence-corrected chi connectivity index (χ1v) is 29.6. The van der Waals surface area contributed by atoms with Crippen LogP contribution in [0.2, 0.25) is 0 Å². The minimum absolute atomic E-state index is 0.0651. The molecule has 3 N–H and O–H groups in total. The van der Waals surface area contributed by atoms with Crippen LogP contribution >= 0.6 is 7.82 Å². The summed E-state index contributed by atoms with van der Waals surface area (Å²) in [6, 6.07) is -0.841. The molecule has 0 bridgehead atoms. The van der Waals surface area contributed by atoms with Crippen molar-refractivity contribution in [2.24, 2.45) is 0 Å². The van der Waals surface area contributed by atoms with Gasteiger partial charge in [0, 0.05) is 6.42 Å². The summed E-state index contributed by atoms with van der Waals surface area (Å²) < 4.78 is 23.7. The van der Waals surface area contributed by atoms with Gasteiger partial charge in [0.2, 0.25) is 5.91 Å². The average molecular weight is 928 g/mol. The van der Waals surface area contributed by atoms with E-state index in [2.05, 4.69) is 19.2 Å². The van der Waals surface area contributed by atoms with E-state index < -0.39 is 20.0 Å². The number of carbonyl (C=O) groups is 1. The molecule has 0 aromatic rings. The number of quaternary nitrogens is 1. The Morgan fingerprint density at radius 1 is 0.516 bits per heavy atom. The molecular formula is C55H112N2O6P+. The molecule has 0 aromatic carbocycles. The van der Waals surface area contributed by atoms with Crippen LogP contribution in [0.4, 0.5) is 0 Å². The zero-order valence-corrected chi connectivity index (χ0v) is 44.4. The number of likely N-dealkylation sites (N-methyl/N-ethyl adjacent to an activating group) is 1. The normalized spacial score (nSPS) is 14.0. The Bertz CT molecular complexity index is 1050. The minimum atomic E-state index is -4.34. The third kappa shape index (κ3) is 49.2. The van der Waals surface area contributed by atoms with Crippen molar-refractivity contribution in [2.45, 2.75) is 296 Å². The summed E-state index contributed by atoms with van der Waals surface area (Å²) in [5.74, 6) is -0.171. The monoisotopic (exact) mass is 928 g/mol. The van der Waals surface area contributed by atoms with Gasteiger partial charge in [-0.1, -0.05) is 270 Å². The molecule has 64 heavy (non-hydrogen) atoms. The maximum absolute atomic E-state index is 12.9. The molecule has 0 aliphatic carbocycles. The van der Waals surface area contributed by atoms with Gasteiger partial charge in [-0.3, -0.25) is 13.8 Å². The van der Waals surface area contributed by atoms with Crippen LogP contribution in [0, 0.1) is 0 Å². The third-order valence-electron chi connectivity index (χ3n) is 13.0. The van der Waals surface area contributed by atoms with E-state index in [4.69, 9.17) is 9.05 Å². The molecule has 0 heterocycles. The first-order chi connectivity index (χ1) is 31.0. The zero-order chi connectivity index (χ0) is 47.1. The number of phosphoric acid groups is 1. The Morgan fingerprint density at radius 3 is 1.16 bits per heavy atom. The van der Waals surface area contributed by atoms with Crippen molar-refractivity contribution >= 4 is 13.7 Å². The number of nitrogens with zero attached hydrogens (tertiary/aromatic N) is 1. The van der Waals surface area contributed by atoms with Crippen molar-refractivity contribution in [3.8, 4) is 0 Å². The predicted molar refractivity (Wildman–Crippen MR) is 277 cm³/mol. The molecule has 3 atom stereocenters.